The lowest BCUT2D eigenvalue weighted by Gasteiger charge is -2.23. The maximum atomic E-state index is 5.86. The Morgan fingerprint density at radius 2 is 2.00 bits per heavy atom. The zero-order valence-corrected chi connectivity index (χ0v) is 9.96. The number of aryl methyl sites for hydroxylation is 1. The monoisotopic (exact) mass is 220 g/mol. The normalized spacial score (nSPS) is 26.7. The summed E-state index contributed by atoms with van der Waals surface area (Å²) in [7, 11) is 0. The fourth-order valence-electron chi connectivity index (χ4n) is 2.73. The molecule has 16 heavy (non-hydrogen) atoms. The summed E-state index contributed by atoms with van der Waals surface area (Å²) in [5.41, 5.74) is 1.24. The molecule has 1 N–H and O–H groups in total. The minimum atomic E-state index is 0.501. The second-order valence-corrected chi connectivity index (χ2v) is 5.16. The zero-order valence-electron chi connectivity index (χ0n) is 9.96. The molecule has 2 heterocycles. The standard InChI is InChI=1S/C13H20N2O/c1-9-12(10-4-2-5-10)15-13(16-9)11-6-3-7-14-8-11/h10-11,14H,2-8H2,1H3. The Bertz CT molecular complexity index is 362. The maximum Gasteiger partial charge on any atom is 0.199 e. The van der Waals surface area contributed by atoms with Gasteiger partial charge in [-0.3, -0.25) is 0 Å². The molecule has 3 nitrogen and oxygen atoms in total. The molecule has 2 aliphatic rings. The maximum absolute atomic E-state index is 5.86. The molecule has 1 saturated carbocycles. The zero-order chi connectivity index (χ0) is 11.0. The first-order chi connectivity index (χ1) is 7.84. The highest BCUT2D eigenvalue weighted by atomic mass is 16.4. The van der Waals surface area contributed by atoms with E-state index in [0.717, 1.165) is 24.7 Å². The molecule has 1 aromatic rings. The van der Waals surface area contributed by atoms with Gasteiger partial charge < -0.3 is 9.73 Å². The van der Waals surface area contributed by atoms with Crippen molar-refractivity contribution in [1.29, 1.82) is 0 Å². The van der Waals surface area contributed by atoms with E-state index in [0.29, 0.717) is 11.8 Å². The molecule has 1 atom stereocenters. The molecule has 0 spiro atoms. The van der Waals surface area contributed by atoms with Crippen LogP contribution in [-0.2, 0) is 0 Å². The first kappa shape index (κ1) is 10.3. The molecular formula is C13H20N2O. The van der Waals surface area contributed by atoms with Gasteiger partial charge in [-0.25, -0.2) is 4.98 Å². The molecule has 0 aromatic carbocycles. The number of rotatable bonds is 2. The Morgan fingerprint density at radius 1 is 1.19 bits per heavy atom. The highest BCUT2D eigenvalue weighted by molar-refractivity contribution is 5.17. The van der Waals surface area contributed by atoms with Crippen LogP contribution >= 0.6 is 0 Å². The third kappa shape index (κ3) is 1.77. The van der Waals surface area contributed by atoms with Crippen LogP contribution in [0.1, 0.15) is 61.3 Å². The number of nitrogens with one attached hydrogen (secondary N) is 1. The smallest absolute Gasteiger partial charge is 0.199 e. The average molecular weight is 220 g/mol. The van der Waals surface area contributed by atoms with Gasteiger partial charge in [0.05, 0.1) is 5.69 Å². The average Bonchev–Trinajstić information content (AvgIpc) is 2.60. The van der Waals surface area contributed by atoms with E-state index in [1.54, 1.807) is 0 Å². The van der Waals surface area contributed by atoms with Crippen LogP contribution in [0.2, 0.25) is 0 Å². The topological polar surface area (TPSA) is 38.1 Å². The quantitative estimate of drug-likeness (QED) is 0.832. The Morgan fingerprint density at radius 3 is 2.62 bits per heavy atom. The van der Waals surface area contributed by atoms with Gasteiger partial charge in [0.15, 0.2) is 5.89 Å². The van der Waals surface area contributed by atoms with Gasteiger partial charge >= 0.3 is 0 Å². The summed E-state index contributed by atoms with van der Waals surface area (Å²) in [6.07, 6.45) is 6.42. The van der Waals surface area contributed by atoms with Gasteiger partial charge in [0.1, 0.15) is 5.76 Å². The van der Waals surface area contributed by atoms with E-state index in [1.807, 2.05) is 0 Å². The fraction of sp³-hybridized carbons (Fsp3) is 0.769. The highest BCUT2D eigenvalue weighted by Crippen LogP contribution is 2.38. The van der Waals surface area contributed by atoms with E-state index in [4.69, 9.17) is 9.40 Å². The summed E-state index contributed by atoms with van der Waals surface area (Å²) >= 11 is 0. The van der Waals surface area contributed by atoms with Gasteiger partial charge in [0, 0.05) is 18.4 Å². The molecule has 3 rings (SSSR count). The van der Waals surface area contributed by atoms with Crippen LogP contribution in [-0.4, -0.2) is 18.1 Å². The Balaban J connectivity index is 1.79. The second kappa shape index (κ2) is 4.21. The third-order valence-electron chi connectivity index (χ3n) is 3.99. The fourth-order valence-corrected chi connectivity index (χ4v) is 2.73. The molecule has 1 saturated heterocycles. The second-order valence-electron chi connectivity index (χ2n) is 5.16. The molecule has 2 fully saturated rings. The van der Waals surface area contributed by atoms with Gasteiger partial charge in [-0.15, -0.1) is 0 Å². The van der Waals surface area contributed by atoms with Gasteiger partial charge in [0.2, 0.25) is 0 Å². The predicted molar refractivity (Wildman–Crippen MR) is 62.7 cm³/mol. The molecule has 0 bridgehead atoms. The van der Waals surface area contributed by atoms with Crippen molar-refractivity contribution in [1.82, 2.24) is 10.3 Å². The van der Waals surface area contributed by atoms with Crippen molar-refractivity contribution in [2.45, 2.75) is 50.9 Å². The number of piperidine rings is 1. The summed E-state index contributed by atoms with van der Waals surface area (Å²) in [6, 6.07) is 0. The van der Waals surface area contributed by atoms with Crippen LogP contribution in [0.25, 0.3) is 0 Å². The minimum Gasteiger partial charge on any atom is -0.445 e. The van der Waals surface area contributed by atoms with E-state index in [1.165, 1.54) is 37.8 Å². The van der Waals surface area contributed by atoms with E-state index in [2.05, 4.69) is 12.2 Å². The van der Waals surface area contributed by atoms with Gasteiger partial charge in [-0.1, -0.05) is 6.42 Å². The third-order valence-corrected chi connectivity index (χ3v) is 3.99. The molecule has 88 valence electrons. The summed E-state index contributed by atoms with van der Waals surface area (Å²) in [6.45, 7) is 4.25. The van der Waals surface area contributed by atoms with Crippen LogP contribution in [0.3, 0.4) is 0 Å². The van der Waals surface area contributed by atoms with Crippen molar-refractivity contribution >= 4 is 0 Å². The van der Waals surface area contributed by atoms with Crippen LogP contribution in [0.4, 0.5) is 0 Å². The molecule has 1 unspecified atom stereocenters. The van der Waals surface area contributed by atoms with Gasteiger partial charge in [-0.2, -0.15) is 0 Å². The lowest BCUT2D eigenvalue weighted by molar-refractivity contribution is 0.368. The van der Waals surface area contributed by atoms with Gasteiger partial charge in [0.25, 0.3) is 0 Å². The largest absolute Gasteiger partial charge is 0.445 e. The van der Waals surface area contributed by atoms with E-state index < -0.39 is 0 Å². The van der Waals surface area contributed by atoms with E-state index in [-0.39, 0.29) is 0 Å². The van der Waals surface area contributed by atoms with E-state index in [9.17, 15) is 0 Å². The molecule has 3 heteroatoms. The lowest BCUT2D eigenvalue weighted by atomic mass is 9.82. The number of aromatic nitrogens is 1. The minimum absolute atomic E-state index is 0.501. The molecule has 1 aliphatic heterocycles. The molecule has 1 aliphatic carbocycles. The van der Waals surface area contributed by atoms with Crippen molar-refractivity contribution in [3.63, 3.8) is 0 Å². The van der Waals surface area contributed by atoms with Crippen LogP contribution in [0, 0.1) is 6.92 Å². The number of hydrogen-bond donors (Lipinski definition) is 1. The molecule has 1 aromatic heterocycles. The Labute approximate surface area is 96.6 Å². The Hall–Kier alpha value is -0.830. The van der Waals surface area contributed by atoms with Crippen molar-refractivity contribution in [3.8, 4) is 0 Å². The summed E-state index contributed by atoms with van der Waals surface area (Å²) < 4.78 is 5.86. The molecular weight excluding hydrogens is 200 g/mol. The number of oxazole rings is 1. The molecule has 0 radical (unpaired) electrons. The highest BCUT2D eigenvalue weighted by Gasteiger charge is 2.28. The first-order valence-electron chi connectivity index (χ1n) is 6.52. The van der Waals surface area contributed by atoms with Crippen LogP contribution in [0.5, 0.6) is 0 Å². The van der Waals surface area contributed by atoms with Crippen molar-refractivity contribution in [2.24, 2.45) is 0 Å². The summed E-state index contributed by atoms with van der Waals surface area (Å²) in [4.78, 5) is 4.75. The SMILES string of the molecule is Cc1oc(C2CCCNC2)nc1C1CCC1. The van der Waals surface area contributed by atoms with Crippen molar-refractivity contribution < 1.29 is 4.42 Å². The first-order valence-corrected chi connectivity index (χ1v) is 6.52. The van der Waals surface area contributed by atoms with E-state index >= 15 is 0 Å². The number of hydrogen-bond acceptors (Lipinski definition) is 3. The van der Waals surface area contributed by atoms with Gasteiger partial charge in [-0.05, 0) is 39.2 Å². The molecule has 0 amide bonds. The Kier molecular flexibility index (Phi) is 2.72. The lowest BCUT2D eigenvalue weighted by Crippen LogP contribution is -2.28. The summed E-state index contributed by atoms with van der Waals surface area (Å²) in [5.74, 6) is 3.23. The van der Waals surface area contributed by atoms with Crippen molar-refractivity contribution in [3.05, 3.63) is 17.3 Å². The predicted octanol–water partition coefficient (Wildman–Crippen LogP) is 2.72. The summed E-state index contributed by atoms with van der Waals surface area (Å²) in [5, 5.41) is 3.42. The van der Waals surface area contributed by atoms with Crippen LogP contribution < -0.4 is 5.32 Å². The van der Waals surface area contributed by atoms with Crippen LogP contribution in [0.15, 0.2) is 4.42 Å². The number of nitrogens with zero attached hydrogens (tertiary/aromatic N) is 1. The van der Waals surface area contributed by atoms with Crippen molar-refractivity contribution in [2.75, 3.05) is 13.1 Å².